The Bertz CT molecular complexity index is 556. The van der Waals surface area contributed by atoms with Gasteiger partial charge in [-0.1, -0.05) is 77.1 Å². The maximum absolute atomic E-state index is 4.37. The van der Waals surface area contributed by atoms with Crippen molar-refractivity contribution in [2.24, 2.45) is 0 Å². The van der Waals surface area contributed by atoms with Crippen LogP contribution in [0.2, 0.25) is 0 Å². The number of aromatic amines is 1. The highest BCUT2D eigenvalue weighted by molar-refractivity contribution is 5.25. The molecule has 2 nitrogen and oxygen atoms in total. The monoisotopic (exact) mass is 340 g/mol. The van der Waals surface area contributed by atoms with Crippen molar-refractivity contribution in [3.63, 3.8) is 0 Å². The van der Waals surface area contributed by atoms with Crippen molar-refractivity contribution in [3.05, 3.63) is 53.6 Å². The molecule has 1 aromatic carbocycles. The van der Waals surface area contributed by atoms with Crippen molar-refractivity contribution in [2.75, 3.05) is 0 Å². The zero-order valence-electron chi connectivity index (χ0n) is 16.4. The van der Waals surface area contributed by atoms with Gasteiger partial charge in [-0.05, 0) is 42.7 Å². The molecule has 0 fully saturated rings. The maximum atomic E-state index is 4.37. The number of hydrogen-bond donors (Lipinski definition) is 1. The number of H-pyrrole nitrogens is 1. The molecule has 1 heterocycles. The summed E-state index contributed by atoms with van der Waals surface area (Å²) in [4.78, 5) is 7.60. The van der Waals surface area contributed by atoms with Crippen LogP contribution in [0.15, 0.2) is 36.7 Å². The van der Waals surface area contributed by atoms with Crippen LogP contribution in [-0.2, 0) is 6.42 Å². The predicted octanol–water partition coefficient (Wildman–Crippen LogP) is 7.00. The maximum Gasteiger partial charge on any atom is 0.108 e. The average Bonchev–Trinajstić information content (AvgIpc) is 3.16. The Morgan fingerprint density at radius 1 is 0.880 bits per heavy atom. The van der Waals surface area contributed by atoms with Gasteiger partial charge in [-0.25, -0.2) is 4.98 Å². The molecule has 0 aliphatic carbocycles. The first-order valence-electron chi connectivity index (χ1n) is 10.3. The zero-order valence-corrected chi connectivity index (χ0v) is 16.4. The number of nitrogens with one attached hydrogen (secondary N) is 1. The zero-order chi connectivity index (χ0) is 17.9. The van der Waals surface area contributed by atoms with E-state index in [4.69, 9.17) is 0 Å². The number of benzene rings is 1. The number of aromatic nitrogens is 2. The highest BCUT2D eigenvalue weighted by Crippen LogP contribution is 2.25. The summed E-state index contributed by atoms with van der Waals surface area (Å²) in [7, 11) is 0. The normalized spacial score (nSPS) is 13.7. The van der Waals surface area contributed by atoms with Crippen LogP contribution in [-0.4, -0.2) is 9.97 Å². The lowest BCUT2D eigenvalue weighted by atomic mass is 9.92. The lowest BCUT2D eigenvalue weighted by Crippen LogP contribution is -1.99. The second-order valence-corrected chi connectivity index (χ2v) is 7.61. The standard InChI is InChI=1S/C23H36N2/c1-4-5-6-7-8-12-21-13-15-22(16-14-21)19(2)10-9-11-20(3)23-24-17-18-25-23/h13-20H,4-12H2,1-3H3,(H,24,25). The first kappa shape index (κ1) is 19.8. The molecule has 138 valence electrons. The Morgan fingerprint density at radius 3 is 2.28 bits per heavy atom. The molecule has 0 spiro atoms. The van der Waals surface area contributed by atoms with Crippen molar-refractivity contribution >= 4 is 0 Å². The first-order chi connectivity index (χ1) is 12.2. The van der Waals surface area contributed by atoms with Crippen LogP contribution in [0.3, 0.4) is 0 Å². The van der Waals surface area contributed by atoms with Gasteiger partial charge in [-0.2, -0.15) is 0 Å². The Hall–Kier alpha value is -1.57. The molecule has 1 N–H and O–H groups in total. The summed E-state index contributed by atoms with van der Waals surface area (Å²) in [5.74, 6) is 2.29. The van der Waals surface area contributed by atoms with E-state index in [-0.39, 0.29) is 0 Å². The van der Waals surface area contributed by atoms with Crippen LogP contribution in [0.1, 0.15) is 101 Å². The fourth-order valence-electron chi connectivity index (χ4n) is 3.53. The Balaban J connectivity index is 1.68. The average molecular weight is 341 g/mol. The van der Waals surface area contributed by atoms with Crippen molar-refractivity contribution in [2.45, 2.75) is 90.4 Å². The van der Waals surface area contributed by atoms with Gasteiger partial charge in [0.2, 0.25) is 0 Å². The lowest BCUT2D eigenvalue weighted by Gasteiger charge is -2.14. The minimum Gasteiger partial charge on any atom is -0.348 e. The van der Waals surface area contributed by atoms with E-state index in [1.54, 1.807) is 0 Å². The largest absolute Gasteiger partial charge is 0.348 e. The summed E-state index contributed by atoms with van der Waals surface area (Å²) in [6.45, 7) is 6.90. The van der Waals surface area contributed by atoms with Crippen LogP contribution in [0, 0.1) is 0 Å². The summed E-state index contributed by atoms with van der Waals surface area (Å²) in [5.41, 5.74) is 2.99. The molecule has 0 bridgehead atoms. The fourth-order valence-corrected chi connectivity index (χ4v) is 3.53. The SMILES string of the molecule is CCCCCCCc1ccc(C(C)CCCC(C)c2ncc[nH]2)cc1. The van der Waals surface area contributed by atoms with Crippen LogP contribution in [0.4, 0.5) is 0 Å². The number of rotatable bonds is 12. The third-order valence-corrected chi connectivity index (χ3v) is 5.38. The van der Waals surface area contributed by atoms with E-state index >= 15 is 0 Å². The Kier molecular flexibility index (Phi) is 8.79. The molecule has 1 aromatic heterocycles. The molecule has 2 rings (SSSR count). The number of unbranched alkanes of at least 4 members (excludes halogenated alkanes) is 4. The van der Waals surface area contributed by atoms with E-state index in [0.717, 1.165) is 5.82 Å². The number of aryl methyl sites for hydroxylation is 1. The van der Waals surface area contributed by atoms with Crippen LogP contribution in [0.5, 0.6) is 0 Å². The van der Waals surface area contributed by atoms with Gasteiger partial charge in [0.05, 0.1) is 0 Å². The number of imidazole rings is 1. The van der Waals surface area contributed by atoms with Gasteiger partial charge >= 0.3 is 0 Å². The third-order valence-electron chi connectivity index (χ3n) is 5.38. The summed E-state index contributed by atoms with van der Waals surface area (Å²) >= 11 is 0. The summed E-state index contributed by atoms with van der Waals surface area (Å²) < 4.78 is 0. The molecule has 0 aliphatic heterocycles. The van der Waals surface area contributed by atoms with E-state index in [2.05, 4.69) is 55.0 Å². The molecule has 0 radical (unpaired) electrons. The molecule has 2 atom stereocenters. The summed E-state index contributed by atoms with van der Waals surface area (Å²) in [5, 5.41) is 0. The van der Waals surface area contributed by atoms with E-state index in [1.165, 1.54) is 68.9 Å². The third kappa shape index (κ3) is 7.05. The number of nitrogens with zero attached hydrogens (tertiary/aromatic N) is 1. The fraction of sp³-hybridized carbons (Fsp3) is 0.609. The van der Waals surface area contributed by atoms with E-state index in [0.29, 0.717) is 11.8 Å². The van der Waals surface area contributed by atoms with Gasteiger partial charge in [0.1, 0.15) is 5.82 Å². The lowest BCUT2D eigenvalue weighted by molar-refractivity contribution is 0.548. The van der Waals surface area contributed by atoms with Gasteiger partial charge in [0, 0.05) is 18.3 Å². The van der Waals surface area contributed by atoms with E-state index in [9.17, 15) is 0 Å². The predicted molar refractivity (Wildman–Crippen MR) is 108 cm³/mol. The molecule has 25 heavy (non-hydrogen) atoms. The molecule has 0 amide bonds. The van der Waals surface area contributed by atoms with E-state index < -0.39 is 0 Å². The molecule has 2 unspecified atom stereocenters. The Labute approximate surface area is 154 Å². The summed E-state index contributed by atoms with van der Waals surface area (Å²) in [6, 6.07) is 9.39. The minimum atomic E-state index is 0.525. The first-order valence-corrected chi connectivity index (χ1v) is 10.3. The van der Waals surface area contributed by atoms with Crippen molar-refractivity contribution < 1.29 is 0 Å². The van der Waals surface area contributed by atoms with Gasteiger partial charge in [-0.15, -0.1) is 0 Å². The number of hydrogen-bond acceptors (Lipinski definition) is 1. The van der Waals surface area contributed by atoms with Gasteiger partial charge in [-0.3, -0.25) is 0 Å². The highest BCUT2D eigenvalue weighted by atomic mass is 14.9. The van der Waals surface area contributed by atoms with Crippen LogP contribution < -0.4 is 0 Å². The molecular formula is C23H36N2. The molecule has 0 saturated heterocycles. The summed E-state index contributed by atoms with van der Waals surface area (Å²) in [6.07, 6.45) is 15.5. The molecule has 2 heteroatoms. The van der Waals surface area contributed by atoms with Crippen molar-refractivity contribution in [1.29, 1.82) is 0 Å². The minimum absolute atomic E-state index is 0.525. The van der Waals surface area contributed by atoms with Crippen molar-refractivity contribution in [3.8, 4) is 0 Å². The molecular weight excluding hydrogens is 304 g/mol. The molecule has 2 aromatic rings. The van der Waals surface area contributed by atoms with Crippen LogP contribution >= 0.6 is 0 Å². The van der Waals surface area contributed by atoms with Gasteiger partial charge in [0.25, 0.3) is 0 Å². The highest BCUT2D eigenvalue weighted by Gasteiger charge is 2.10. The smallest absolute Gasteiger partial charge is 0.108 e. The molecule has 0 saturated carbocycles. The molecule has 0 aliphatic rings. The second-order valence-electron chi connectivity index (χ2n) is 7.61. The van der Waals surface area contributed by atoms with Gasteiger partial charge < -0.3 is 4.98 Å². The van der Waals surface area contributed by atoms with Crippen LogP contribution in [0.25, 0.3) is 0 Å². The quantitative estimate of drug-likeness (QED) is 0.414. The Morgan fingerprint density at radius 2 is 1.60 bits per heavy atom. The van der Waals surface area contributed by atoms with E-state index in [1.807, 2.05) is 12.4 Å². The second kappa shape index (κ2) is 11.1. The van der Waals surface area contributed by atoms with Gasteiger partial charge in [0.15, 0.2) is 0 Å². The van der Waals surface area contributed by atoms with Crippen molar-refractivity contribution in [1.82, 2.24) is 9.97 Å². The topological polar surface area (TPSA) is 28.7 Å².